The first kappa shape index (κ1) is 13.2. The van der Waals surface area contributed by atoms with Crippen LogP contribution >= 0.6 is 0 Å². The molecule has 1 aromatic carbocycles. The summed E-state index contributed by atoms with van der Waals surface area (Å²) >= 11 is 0. The zero-order chi connectivity index (χ0) is 14.7. The maximum absolute atomic E-state index is 12.1. The summed E-state index contributed by atoms with van der Waals surface area (Å²) in [5, 5.41) is 7.64. The van der Waals surface area contributed by atoms with Crippen molar-refractivity contribution in [2.45, 2.75) is 12.8 Å². The molecule has 3 rings (SSSR count). The van der Waals surface area contributed by atoms with Gasteiger partial charge in [-0.25, -0.2) is 0 Å². The number of rotatable bonds is 5. The first-order chi connectivity index (χ1) is 10.2. The average Bonchev–Trinajstić information content (AvgIpc) is 3.00. The fraction of sp³-hybridized carbons (Fsp3) is 0.125. The van der Waals surface area contributed by atoms with E-state index in [-0.39, 0.29) is 24.4 Å². The van der Waals surface area contributed by atoms with Gasteiger partial charge in [-0.05, 0) is 30.3 Å². The number of pyridine rings is 1. The molecule has 5 heteroatoms. The van der Waals surface area contributed by atoms with Crippen LogP contribution in [-0.4, -0.2) is 26.7 Å². The standard InChI is InChI=1S/C16H13N3O2/c20-15(6-7-16(21)14-3-1-2-8-17-14)11-4-5-13-12(9-11)10-18-19-13/h1-5,8-10H,6-7H2,(H,18,19). The highest BCUT2D eigenvalue weighted by molar-refractivity contribution is 6.02. The van der Waals surface area contributed by atoms with Crippen LogP contribution in [0.3, 0.4) is 0 Å². The molecule has 0 fully saturated rings. The Morgan fingerprint density at radius 2 is 1.90 bits per heavy atom. The topological polar surface area (TPSA) is 75.7 Å². The average molecular weight is 279 g/mol. The lowest BCUT2D eigenvalue weighted by Gasteiger charge is -2.01. The lowest BCUT2D eigenvalue weighted by atomic mass is 10.0. The zero-order valence-corrected chi connectivity index (χ0v) is 11.2. The number of H-pyrrole nitrogens is 1. The molecule has 0 unspecified atom stereocenters. The number of benzene rings is 1. The minimum atomic E-state index is -0.117. The predicted molar refractivity (Wildman–Crippen MR) is 78.2 cm³/mol. The molecule has 0 saturated heterocycles. The Morgan fingerprint density at radius 3 is 2.71 bits per heavy atom. The summed E-state index contributed by atoms with van der Waals surface area (Å²) in [4.78, 5) is 28.1. The van der Waals surface area contributed by atoms with Crippen LogP contribution in [0, 0.1) is 0 Å². The van der Waals surface area contributed by atoms with Gasteiger partial charge in [0, 0.05) is 30.0 Å². The van der Waals surface area contributed by atoms with E-state index in [2.05, 4.69) is 15.2 Å². The molecule has 0 spiro atoms. The van der Waals surface area contributed by atoms with E-state index in [9.17, 15) is 9.59 Å². The number of ketones is 2. The number of carbonyl (C=O) groups excluding carboxylic acids is 2. The second kappa shape index (κ2) is 5.66. The van der Waals surface area contributed by atoms with Gasteiger partial charge in [-0.2, -0.15) is 5.10 Å². The zero-order valence-electron chi connectivity index (χ0n) is 11.2. The summed E-state index contributed by atoms with van der Waals surface area (Å²) in [5.41, 5.74) is 1.88. The van der Waals surface area contributed by atoms with Gasteiger partial charge in [-0.15, -0.1) is 0 Å². The second-order valence-electron chi connectivity index (χ2n) is 4.73. The molecule has 0 saturated carbocycles. The lowest BCUT2D eigenvalue weighted by Crippen LogP contribution is -2.06. The van der Waals surface area contributed by atoms with Crippen LogP contribution in [-0.2, 0) is 0 Å². The fourth-order valence-electron chi connectivity index (χ4n) is 2.14. The van der Waals surface area contributed by atoms with Crippen molar-refractivity contribution in [3.8, 4) is 0 Å². The molecular weight excluding hydrogens is 266 g/mol. The number of aromatic amines is 1. The van der Waals surface area contributed by atoms with Crippen molar-refractivity contribution in [3.05, 3.63) is 60.0 Å². The summed E-state index contributed by atoms with van der Waals surface area (Å²) in [7, 11) is 0. The molecule has 0 radical (unpaired) electrons. The van der Waals surface area contributed by atoms with Crippen LogP contribution in [0.2, 0.25) is 0 Å². The third-order valence-corrected chi connectivity index (χ3v) is 3.29. The second-order valence-corrected chi connectivity index (χ2v) is 4.73. The monoisotopic (exact) mass is 279 g/mol. The van der Waals surface area contributed by atoms with Crippen molar-refractivity contribution >= 4 is 22.5 Å². The normalized spacial score (nSPS) is 10.7. The summed E-state index contributed by atoms with van der Waals surface area (Å²) in [5.74, 6) is -0.171. The van der Waals surface area contributed by atoms with E-state index >= 15 is 0 Å². The van der Waals surface area contributed by atoms with Crippen molar-refractivity contribution < 1.29 is 9.59 Å². The van der Waals surface area contributed by atoms with Gasteiger partial charge in [0.15, 0.2) is 11.6 Å². The number of hydrogen-bond donors (Lipinski definition) is 1. The van der Waals surface area contributed by atoms with Gasteiger partial charge in [0.2, 0.25) is 0 Å². The van der Waals surface area contributed by atoms with Gasteiger partial charge >= 0.3 is 0 Å². The van der Waals surface area contributed by atoms with Crippen molar-refractivity contribution in [1.82, 2.24) is 15.2 Å². The number of nitrogens with one attached hydrogen (secondary N) is 1. The highest BCUT2D eigenvalue weighted by Gasteiger charge is 2.12. The van der Waals surface area contributed by atoms with Gasteiger partial charge in [0.1, 0.15) is 5.69 Å². The Morgan fingerprint density at radius 1 is 1.05 bits per heavy atom. The molecule has 0 atom stereocenters. The van der Waals surface area contributed by atoms with Crippen LogP contribution in [0.5, 0.6) is 0 Å². The molecule has 1 N–H and O–H groups in total. The van der Waals surface area contributed by atoms with E-state index in [1.807, 2.05) is 6.07 Å². The van der Waals surface area contributed by atoms with Crippen LogP contribution < -0.4 is 0 Å². The molecule has 5 nitrogen and oxygen atoms in total. The van der Waals surface area contributed by atoms with E-state index in [1.165, 1.54) is 0 Å². The number of aromatic nitrogens is 3. The molecular formula is C16H13N3O2. The molecule has 3 aromatic rings. The van der Waals surface area contributed by atoms with Crippen molar-refractivity contribution in [1.29, 1.82) is 0 Å². The Hall–Kier alpha value is -2.82. The molecule has 0 amide bonds. The SMILES string of the molecule is O=C(CCC(=O)c1ccccn1)c1ccc2[nH]ncc2c1. The third-order valence-electron chi connectivity index (χ3n) is 3.29. The highest BCUT2D eigenvalue weighted by Crippen LogP contribution is 2.15. The minimum absolute atomic E-state index is 0.0534. The van der Waals surface area contributed by atoms with E-state index in [1.54, 1.807) is 42.7 Å². The first-order valence-electron chi connectivity index (χ1n) is 6.64. The minimum Gasteiger partial charge on any atom is -0.294 e. The third kappa shape index (κ3) is 2.86. The van der Waals surface area contributed by atoms with Crippen LogP contribution in [0.4, 0.5) is 0 Å². The Kier molecular flexibility index (Phi) is 3.55. The van der Waals surface area contributed by atoms with Crippen molar-refractivity contribution in [2.75, 3.05) is 0 Å². The van der Waals surface area contributed by atoms with E-state index < -0.39 is 0 Å². The molecule has 2 heterocycles. The summed E-state index contributed by atoms with van der Waals surface area (Å²) in [6.45, 7) is 0. The number of Topliss-reactive ketones (excluding diaryl/α,β-unsaturated/α-hetero) is 2. The molecule has 21 heavy (non-hydrogen) atoms. The Balaban J connectivity index is 1.67. The van der Waals surface area contributed by atoms with E-state index in [4.69, 9.17) is 0 Å². The summed E-state index contributed by atoms with van der Waals surface area (Å²) < 4.78 is 0. The molecule has 104 valence electrons. The maximum atomic E-state index is 12.1. The summed E-state index contributed by atoms with van der Waals surface area (Å²) in [6.07, 6.45) is 3.59. The van der Waals surface area contributed by atoms with Crippen molar-refractivity contribution in [2.24, 2.45) is 0 Å². The van der Waals surface area contributed by atoms with Gasteiger partial charge < -0.3 is 0 Å². The quantitative estimate of drug-likeness (QED) is 0.729. The highest BCUT2D eigenvalue weighted by atomic mass is 16.1. The van der Waals surface area contributed by atoms with Crippen LogP contribution in [0.1, 0.15) is 33.7 Å². The number of nitrogens with zero attached hydrogens (tertiary/aromatic N) is 2. The molecule has 0 bridgehead atoms. The molecule has 0 aliphatic heterocycles. The predicted octanol–water partition coefficient (Wildman–Crippen LogP) is 2.80. The number of fused-ring (bicyclic) bond motifs is 1. The number of carbonyl (C=O) groups is 2. The largest absolute Gasteiger partial charge is 0.294 e. The van der Waals surface area contributed by atoms with Crippen molar-refractivity contribution in [3.63, 3.8) is 0 Å². The summed E-state index contributed by atoms with van der Waals surface area (Å²) in [6, 6.07) is 10.5. The number of hydrogen-bond acceptors (Lipinski definition) is 4. The molecule has 0 aliphatic rings. The van der Waals surface area contributed by atoms with Gasteiger partial charge in [-0.3, -0.25) is 19.7 Å². The Labute approximate surface area is 121 Å². The fourth-order valence-corrected chi connectivity index (χ4v) is 2.14. The van der Waals surface area contributed by atoms with Crippen LogP contribution in [0.25, 0.3) is 10.9 Å². The smallest absolute Gasteiger partial charge is 0.181 e. The van der Waals surface area contributed by atoms with E-state index in [0.29, 0.717) is 11.3 Å². The van der Waals surface area contributed by atoms with Gasteiger partial charge in [0.25, 0.3) is 0 Å². The molecule has 0 aliphatic carbocycles. The van der Waals surface area contributed by atoms with Gasteiger partial charge in [-0.1, -0.05) is 6.07 Å². The van der Waals surface area contributed by atoms with Gasteiger partial charge in [0.05, 0.1) is 11.7 Å². The molecule has 2 aromatic heterocycles. The first-order valence-corrected chi connectivity index (χ1v) is 6.64. The van der Waals surface area contributed by atoms with E-state index in [0.717, 1.165) is 10.9 Å². The Bertz CT molecular complexity index is 793. The maximum Gasteiger partial charge on any atom is 0.181 e. The van der Waals surface area contributed by atoms with Crippen LogP contribution in [0.15, 0.2) is 48.8 Å². The lowest BCUT2D eigenvalue weighted by molar-refractivity contribution is 0.0915.